The minimum Gasteiger partial charge on any atom is -0.463 e. The molecule has 51 heavy (non-hydrogen) atoms. The van der Waals surface area contributed by atoms with Gasteiger partial charge in [0.15, 0.2) is 12.4 Å². The van der Waals surface area contributed by atoms with Crippen molar-refractivity contribution in [1.82, 2.24) is 0 Å². The second kappa shape index (κ2) is 34.1. The maximum atomic E-state index is 12.5. The van der Waals surface area contributed by atoms with Gasteiger partial charge in [-0.25, -0.2) is 0 Å². The minimum absolute atomic E-state index is 0.211. The standard InChI is InChI=1S/C43H78O8/c1-4-6-8-10-12-14-16-18-20-22-24-26-28-30-32-34-38(44)49-36-37-40(46)41(47)42(43(48-3)50-37)51-39(45)35-33-31-29-27-25-23-21-19-17-15-13-11-9-7-5-2/h18-21,37,40-43,46-47H,4-17,22-36H2,1-3H3/b20-18-,21-19-/t37-,40-,41+,42-,43-/m1/s1. The average molecular weight is 723 g/mol. The topological polar surface area (TPSA) is 112 Å². The number of unbranched alkanes of at least 4 members (excludes halogenated alkanes) is 22. The van der Waals surface area contributed by atoms with Crippen LogP contribution in [-0.2, 0) is 28.5 Å². The first-order valence-corrected chi connectivity index (χ1v) is 21.1. The number of aliphatic hydroxyl groups is 2. The van der Waals surface area contributed by atoms with Crippen molar-refractivity contribution in [3.05, 3.63) is 24.3 Å². The van der Waals surface area contributed by atoms with Crippen molar-refractivity contribution in [2.75, 3.05) is 13.7 Å². The van der Waals surface area contributed by atoms with Crippen molar-refractivity contribution in [1.29, 1.82) is 0 Å². The molecule has 0 aromatic rings. The number of hydrogen-bond donors (Lipinski definition) is 2. The van der Waals surface area contributed by atoms with Gasteiger partial charge >= 0.3 is 11.9 Å². The van der Waals surface area contributed by atoms with Crippen LogP contribution in [0.25, 0.3) is 0 Å². The molecule has 0 aromatic carbocycles. The highest BCUT2D eigenvalue weighted by molar-refractivity contribution is 5.69. The summed E-state index contributed by atoms with van der Waals surface area (Å²) in [5.74, 6) is -0.820. The van der Waals surface area contributed by atoms with Crippen molar-refractivity contribution in [2.24, 2.45) is 0 Å². The van der Waals surface area contributed by atoms with Crippen molar-refractivity contribution in [2.45, 2.75) is 224 Å². The third kappa shape index (κ3) is 25.8. The van der Waals surface area contributed by atoms with Gasteiger partial charge in [-0.1, -0.05) is 141 Å². The molecule has 1 aliphatic rings. The molecule has 0 aliphatic carbocycles. The number of methoxy groups -OCH3 is 1. The number of rotatable bonds is 34. The first-order chi connectivity index (χ1) is 24.9. The fraction of sp³-hybridized carbons (Fsp3) is 0.860. The van der Waals surface area contributed by atoms with E-state index in [0.29, 0.717) is 12.8 Å². The second-order valence-corrected chi connectivity index (χ2v) is 14.6. The molecule has 298 valence electrons. The van der Waals surface area contributed by atoms with Gasteiger partial charge in [0.05, 0.1) is 0 Å². The van der Waals surface area contributed by atoms with E-state index in [0.717, 1.165) is 64.2 Å². The van der Waals surface area contributed by atoms with Crippen LogP contribution < -0.4 is 0 Å². The molecule has 1 rings (SSSR count). The lowest BCUT2D eigenvalue weighted by atomic mass is 9.99. The Morgan fingerprint density at radius 2 is 0.941 bits per heavy atom. The summed E-state index contributed by atoms with van der Waals surface area (Å²) in [6.45, 7) is 4.29. The molecule has 1 saturated heterocycles. The Bertz CT molecular complexity index is 870. The van der Waals surface area contributed by atoms with E-state index in [1.165, 1.54) is 103 Å². The minimum atomic E-state index is -1.42. The Morgan fingerprint density at radius 3 is 1.37 bits per heavy atom. The molecule has 8 heteroatoms. The molecule has 8 nitrogen and oxygen atoms in total. The zero-order valence-corrected chi connectivity index (χ0v) is 33.0. The van der Waals surface area contributed by atoms with E-state index in [2.05, 4.69) is 38.2 Å². The Labute approximate surface area is 312 Å². The van der Waals surface area contributed by atoms with Crippen LogP contribution in [0.15, 0.2) is 24.3 Å². The fourth-order valence-electron chi connectivity index (χ4n) is 6.50. The summed E-state index contributed by atoms with van der Waals surface area (Å²) in [5.41, 5.74) is 0. The molecule has 0 aromatic heterocycles. The highest BCUT2D eigenvalue weighted by Crippen LogP contribution is 2.25. The van der Waals surface area contributed by atoms with Crippen LogP contribution >= 0.6 is 0 Å². The van der Waals surface area contributed by atoms with Crippen molar-refractivity contribution in [3.63, 3.8) is 0 Å². The summed E-state index contributed by atoms with van der Waals surface area (Å²) in [7, 11) is 1.38. The van der Waals surface area contributed by atoms with E-state index < -0.39 is 36.7 Å². The SMILES string of the molecule is CCCCCCCC/C=C\CCCCCCCC(=O)OC[C@H]1O[C@@H](OC)[C@H](OC(=O)CCCCCCC/C=C\CCCCCCCC)[C@@H](O)[C@@H]1O. The molecule has 0 unspecified atom stereocenters. The van der Waals surface area contributed by atoms with Gasteiger partial charge in [-0.3, -0.25) is 9.59 Å². The van der Waals surface area contributed by atoms with Crippen LogP contribution in [0.4, 0.5) is 0 Å². The Morgan fingerprint density at radius 1 is 0.549 bits per heavy atom. The molecule has 0 saturated carbocycles. The molecule has 0 radical (unpaired) electrons. The first kappa shape index (κ1) is 47.3. The van der Waals surface area contributed by atoms with E-state index in [4.69, 9.17) is 18.9 Å². The van der Waals surface area contributed by atoms with Crippen LogP contribution in [0.5, 0.6) is 0 Å². The van der Waals surface area contributed by atoms with Crippen LogP contribution in [0.1, 0.15) is 194 Å². The number of hydrogen-bond acceptors (Lipinski definition) is 8. The smallest absolute Gasteiger partial charge is 0.306 e. The summed E-state index contributed by atoms with van der Waals surface area (Å²) in [6, 6.07) is 0. The largest absolute Gasteiger partial charge is 0.463 e. The van der Waals surface area contributed by atoms with Crippen LogP contribution in [0.3, 0.4) is 0 Å². The second-order valence-electron chi connectivity index (χ2n) is 14.6. The van der Waals surface area contributed by atoms with Crippen LogP contribution in [0.2, 0.25) is 0 Å². The van der Waals surface area contributed by atoms with E-state index in [1.807, 2.05) is 0 Å². The number of carbonyl (C=O) groups is 2. The molecule has 5 atom stereocenters. The molecule has 0 spiro atoms. The number of carbonyl (C=O) groups excluding carboxylic acids is 2. The van der Waals surface area contributed by atoms with Crippen LogP contribution in [0, 0.1) is 0 Å². The molecule has 1 fully saturated rings. The van der Waals surface area contributed by atoms with Gasteiger partial charge in [0.1, 0.15) is 24.9 Å². The monoisotopic (exact) mass is 723 g/mol. The zero-order valence-electron chi connectivity index (χ0n) is 33.0. The van der Waals surface area contributed by atoms with E-state index in [1.54, 1.807) is 0 Å². The maximum Gasteiger partial charge on any atom is 0.306 e. The predicted molar refractivity (Wildman–Crippen MR) is 207 cm³/mol. The normalized spacial score (nSPS) is 20.8. The highest BCUT2D eigenvalue weighted by atomic mass is 16.7. The first-order valence-electron chi connectivity index (χ1n) is 21.1. The van der Waals surface area contributed by atoms with Gasteiger partial charge in [0.25, 0.3) is 0 Å². The van der Waals surface area contributed by atoms with Gasteiger partial charge in [0, 0.05) is 20.0 Å². The summed E-state index contributed by atoms with van der Waals surface area (Å²) < 4.78 is 21.9. The van der Waals surface area contributed by atoms with E-state index >= 15 is 0 Å². The molecule has 0 amide bonds. The highest BCUT2D eigenvalue weighted by Gasteiger charge is 2.47. The van der Waals surface area contributed by atoms with Gasteiger partial charge < -0.3 is 29.2 Å². The molecular weight excluding hydrogens is 644 g/mol. The van der Waals surface area contributed by atoms with Gasteiger partial charge in [-0.15, -0.1) is 0 Å². The number of esters is 2. The lowest BCUT2D eigenvalue weighted by molar-refractivity contribution is -0.298. The molecule has 2 N–H and O–H groups in total. The van der Waals surface area contributed by atoms with Gasteiger partial charge in [-0.2, -0.15) is 0 Å². The van der Waals surface area contributed by atoms with Crippen molar-refractivity contribution < 1.29 is 38.7 Å². The Balaban J connectivity index is 2.12. The number of allylic oxidation sites excluding steroid dienone is 4. The van der Waals surface area contributed by atoms with Crippen molar-refractivity contribution in [3.8, 4) is 0 Å². The zero-order chi connectivity index (χ0) is 37.2. The fourth-order valence-corrected chi connectivity index (χ4v) is 6.50. The lowest BCUT2D eigenvalue weighted by Gasteiger charge is -2.41. The third-order valence-corrected chi connectivity index (χ3v) is 9.84. The number of ether oxygens (including phenoxy) is 4. The average Bonchev–Trinajstić information content (AvgIpc) is 3.13. The Hall–Kier alpha value is -1.74. The summed E-state index contributed by atoms with van der Waals surface area (Å²) >= 11 is 0. The number of aliphatic hydroxyl groups excluding tert-OH is 2. The van der Waals surface area contributed by atoms with Crippen molar-refractivity contribution >= 4 is 11.9 Å². The van der Waals surface area contributed by atoms with E-state index in [-0.39, 0.29) is 19.0 Å². The quantitative estimate of drug-likeness (QED) is 0.0384. The summed E-state index contributed by atoms with van der Waals surface area (Å²) in [5, 5.41) is 21.4. The third-order valence-electron chi connectivity index (χ3n) is 9.84. The molecular formula is C43H78O8. The van der Waals surface area contributed by atoms with Crippen LogP contribution in [-0.4, -0.2) is 66.6 Å². The molecule has 0 bridgehead atoms. The van der Waals surface area contributed by atoms with Gasteiger partial charge in [-0.05, 0) is 64.2 Å². The Kier molecular flexibility index (Phi) is 31.6. The summed E-state index contributed by atoms with van der Waals surface area (Å²) in [6.07, 6.45) is 34.5. The molecule has 1 aliphatic heterocycles. The molecule has 1 heterocycles. The van der Waals surface area contributed by atoms with E-state index in [9.17, 15) is 19.8 Å². The predicted octanol–water partition coefficient (Wildman–Crippen LogP) is 10.6. The lowest BCUT2D eigenvalue weighted by Crippen LogP contribution is -2.60. The van der Waals surface area contributed by atoms with Gasteiger partial charge in [0.2, 0.25) is 0 Å². The summed E-state index contributed by atoms with van der Waals surface area (Å²) in [4.78, 5) is 24.8. The maximum absolute atomic E-state index is 12.5.